The van der Waals surface area contributed by atoms with Crippen molar-refractivity contribution < 1.29 is 5.11 Å². The predicted molar refractivity (Wildman–Crippen MR) is 62.3 cm³/mol. The van der Waals surface area contributed by atoms with Gasteiger partial charge in [-0.05, 0) is 24.6 Å². The molecule has 3 nitrogen and oxygen atoms in total. The third-order valence-corrected chi connectivity index (χ3v) is 2.74. The van der Waals surface area contributed by atoms with E-state index < -0.39 is 0 Å². The van der Waals surface area contributed by atoms with Crippen LogP contribution in [-0.2, 0) is 0 Å². The molecule has 0 radical (unpaired) electrons. The molecule has 2 N–H and O–H groups in total. The lowest BCUT2D eigenvalue weighted by Gasteiger charge is -2.24. The Balaban J connectivity index is 2.14. The molecule has 0 amide bonds. The zero-order valence-corrected chi connectivity index (χ0v) is 9.11. The number of nitrogens with one attached hydrogen (secondary N) is 1. The average Bonchev–Trinajstić information content (AvgIpc) is 2.43. The topological polar surface area (TPSA) is 35.5 Å². The van der Waals surface area contributed by atoms with Crippen LogP contribution in [-0.4, -0.2) is 37.4 Å². The van der Waals surface area contributed by atoms with Gasteiger partial charge in [-0.3, -0.25) is 0 Å². The molecule has 1 unspecified atom stereocenters. The van der Waals surface area contributed by atoms with Crippen LogP contribution >= 0.6 is 0 Å². The molecule has 0 saturated carbocycles. The summed E-state index contributed by atoms with van der Waals surface area (Å²) in [5, 5.41) is 12.9. The Bertz CT molecular complexity index is 327. The average molecular weight is 206 g/mol. The maximum Gasteiger partial charge on any atom is 0.0839 e. The van der Waals surface area contributed by atoms with Crippen LogP contribution in [0.3, 0.4) is 0 Å². The minimum Gasteiger partial charge on any atom is -0.390 e. The Labute approximate surface area is 90.7 Å². The molecule has 1 saturated heterocycles. The Hall–Kier alpha value is -1.06. The van der Waals surface area contributed by atoms with Crippen molar-refractivity contribution in [2.24, 2.45) is 0 Å². The van der Waals surface area contributed by atoms with E-state index in [4.69, 9.17) is 0 Å². The lowest BCUT2D eigenvalue weighted by molar-refractivity contribution is 0.185. The second-order valence-electron chi connectivity index (χ2n) is 4.14. The van der Waals surface area contributed by atoms with E-state index >= 15 is 0 Å². The third-order valence-electron chi connectivity index (χ3n) is 2.74. The van der Waals surface area contributed by atoms with Crippen LogP contribution in [0.25, 0.3) is 0 Å². The summed E-state index contributed by atoms with van der Waals surface area (Å²) in [5.41, 5.74) is 2.47. The van der Waals surface area contributed by atoms with E-state index in [1.807, 2.05) is 0 Å². The van der Waals surface area contributed by atoms with E-state index in [9.17, 15) is 5.11 Å². The van der Waals surface area contributed by atoms with Gasteiger partial charge in [-0.1, -0.05) is 12.1 Å². The third kappa shape index (κ3) is 2.70. The minimum absolute atomic E-state index is 0.270. The molecule has 0 bridgehead atoms. The molecule has 15 heavy (non-hydrogen) atoms. The van der Waals surface area contributed by atoms with Crippen LogP contribution in [0.4, 0.5) is 5.69 Å². The van der Waals surface area contributed by atoms with Crippen LogP contribution in [0.1, 0.15) is 5.56 Å². The van der Waals surface area contributed by atoms with Gasteiger partial charge in [0.1, 0.15) is 0 Å². The van der Waals surface area contributed by atoms with E-state index in [-0.39, 0.29) is 6.10 Å². The second kappa shape index (κ2) is 4.64. The highest BCUT2D eigenvalue weighted by Crippen LogP contribution is 2.16. The van der Waals surface area contributed by atoms with Crippen molar-refractivity contribution in [2.45, 2.75) is 13.0 Å². The zero-order chi connectivity index (χ0) is 10.7. The molecule has 1 aromatic rings. The fourth-order valence-corrected chi connectivity index (χ4v) is 1.95. The summed E-state index contributed by atoms with van der Waals surface area (Å²) in [5.74, 6) is 0. The van der Waals surface area contributed by atoms with Crippen molar-refractivity contribution in [3.05, 3.63) is 29.8 Å². The SMILES string of the molecule is Cc1cccc(N2CCNCC(O)C2)c1. The number of aliphatic hydroxyl groups is 1. The first kappa shape index (κ1) is 10.5. The van der Waals surface area contributed by atoms with Gasteiger partial charge in [0.05, 0.1) is 6.10 Å². The number of aliphatic hydroxyl groups excluding tert-OH is 1. The summed E-state index contributed by atoms with van der Waals surface area (Å²) >= 11 is 0. The normalized spacial score (nSPS) is 22.5. The molecule has 1 fully saturated rings. The number of aryl methyl sites for hydroxylation is 1. The molecule has 1 aliphatic heterocycles. The van der Waals surface area contributed by atoms with Crippen LogP contribution in [0.5, 0.6) is 0 Å². The summed E-state index contributed by atoms with van der Waals surface area (Å²) < 4.78 is 0. The first-order valence-corrected chi connectivity index (χ1v) is 5.46. The molecule has 0 aliphatic carbocycles. The number of β-amino-alcohol motifs (C(OH)–C–C–N with tert-alkyl or cyclic N) is 1. The van der Waals surface area contributed by atoms with Crippen LogP contribution in [0.2, 0.25) is 0 Å². The van der Waals surface area contributed by atoms with Crippen molar-refractivity contribution in [1.82, 2.24) is 5.32 Å². The van der Waals surface area contributed by atoms with Gasteiger partial charge in [0.15, 0.2) is 0 Å². The molecule has 1 atom stereocenters. The van der Waals surface area contributed by atoms with Crippen molar-refractivity contribution in [2.75, 3.05) is 31.1 Å². The monoisotopic (exact) mass is 206 g/mol. The molecule has 1 aliphatic rings. The Morgan fingerprint density at radius 3 is 3.13 bits per heavy atom. The van der Waals surface area contributed by atoms with Crippen LogP contribution in [0, 0.1) is 6.92 Å². The molecule has 2 rings (SSSR count). The fraction of sp³-hybridized carbons (Fsp3) is 0.500. The molecule has 82 valence electrons. The highest BCUT2D eigenvalue weighted by Gasteiger charge is 2.15. The Morgan fingerprint density at radius 1 is 1.47 bits per heavy atom. The van der Waals surface area contributed by atoms with Gasteiger partial charge in [-0.2, -0.15) is 0 Å². The summed E-state index contributed by atoms with van der Waals surface area (Å²) in [4.78, 5) is 2.23. The molecule has 1 aromatic carbocycles. The predicted octanol–water partition coefficient (Wildman–Crippen LogP) is 0.766. The number of rotatable bonds is 1. The minimum atomic E-state index is -0.270. The molecule has 1 heterocycles. The highest BCUT2D eigenvalue weighted by molar-refractivity contribution is 5.48. The lowest BCUT2D eigenvalue weighted by atomic mass is 10.2. The standard InChI is InChI=1S/C12H18N2O/c1-10-3-2-4-11(7-10)14-6-5-13-8-12(15)9-14/h2-4,7,12-13,15H,5-6,8-9H2,1H3. The quantitative estimate of drug-likeness (QED) is 0.712. The summed E-state index contributed by atoms with van der Waals surface area (Å²) in [6.45, 7) is 5.40. The van der Waals surface area contributed by atoms with E-state index in [1.54, 1.807) is 0 Å². The largest absolute Gasteiger partial charge is 0.390 e. The van der Waals surface area contributed by atoms with Gasteiger partial charge in [-0.25, -0.2) is 0 Å². The van der Waals surface area contributed by atoms with Crippen molar-refractivity contribution >= 4 is 5.69 Å². The van der Waals surface area contributed by atoms with Crippen LogP contribution < -0.4 is 10.2 Å². The van der Waals surface area contributed by atoms with Gasteiger partial charge in [0, 0.05) is 31.9 Å². The smallest absolute Gasteiger partial charge is 0.0839 e. The maximum atomic E-state index is 9.69. The summed E-state index contributed by atoms with van der Waals surface area (Å²) in [6, 6.07) is 8.43. The molecule has 0 spiro atoms. The van der Waals surface area contributed by atoms with Crippen molar-refractivity contribution in [1.29, 1.82) is 0 Å². The zero-order valence-electron chi connectivity index (χ0n) is 9.11. The number of nitrogens with zero attached hydrogens (tertiary/aromatic N) is 1. The second-order valence-corrected chi connectivity index (χ2v) is 4.14. The van der Waals surface area contributed by atoms with Gasteiger partial charge in [0.25, 0.3) is 0 Å². The molecular weight excluding hydrogens is 188 g/mol. The summed E-state index contributed by atoms with van der Waals surface area (Å²) in [6.07, 6.45) is -0.270. The number of hydrogen-bond donors (Lipinski definition) is 2. The highest BCUT2D eigenvalue weighted by atomic mass is 16.3. The van der Waals surface area contributed by atoms with Gasteiger partial charge < -0.3 is 15.3 Å². The van der Waals surface area contributed by atoms with E-state index in [0.717, 1.165) is 19.6 Å². The Morgan fingerprint density at radius 2 is 2.33 bits per heavy atom. The lowest BCUT2D eigenvalue weighted by Crippen LogP contribution is -2.32. The van der Waals surface area contributed by atoms with Gasteiger partial charge in [-0.15, -0.1) is 0 Å². The van der Waals surface area contributed by atoms with E-state index in [2.05, 4.69) is 41.4 Å². The fourth-order valence-electron chi connectivity index (χ4n) is 1.95. The molecule has 3 heteroatoms. The van der Waals surface area contributed by atoms with Gasteiger partial charge >= 0.3 is 0 Å². The van der Waals surface area contributed by atoms with Gasteiger partial charge in [0.2, 0.25) is 0 Å². The number of hydrogen-bond acceptors (Lipinski definition) is 3. The molecular formula is C12H18N2O. The maximum absolute atomic E-state index is 9.69. The van der Waals surface area contributed by atoms with Crippen LogP contribution in [0.15, 0.2) is 24.3 Å². The number of benzene rings is 1. The Kier molecular flexibility index (Phi) is 3.23. The first-order valence-electron chi connectivity index (χ1n) is 5.46. The van der Waals surface area contributed by atoms with Crippen molar-refractivity contribution in [3.63, 3.8) is 0 Å². The summed E-state index contributed by atoms with van der Waals surface area (Å²) in [7, 11) is 0. The van der Waals surface area contributed by atoms with E-state index in [0.29, 0.717) is 6.54 Å². The first-order chi connectivity index (χ1) is 7.25. The molecule has 0 aromatic heterocycles. The number of anilines is 1. The van der Waals surface area contributed by atoms with E-state index in [1.165, 1.54) is 11.3 Å². The van der Waals surface area contributed by atoms with Crippen molar-refractivity contribution in [3.8, 4) is 0 Å².